The fourth-order valence-corrected chi connectivity index (χ4v) is 2.00. The highest BCUT2D eigenvalue weighted by molar-refractivity contribution is 8.13. The molecule has 5 nitrogen and oxygen atoms in total. The van der Waals surface area contributed by atoms with Crippen LogP contribution in [-0.4, -0.2) is 35.9 Å². The number of ether oxygens (including phenoxy) is 1. The first kappa shape index (κ1) is 18.0. The van der Waals surface area contributed by atoms with Crippen molar-refractivity contribution in [2.75, 3.05) is 12.9 Å². The molecule has 1 N–H and O–H groups in total. The third-order valence-corrected chi connectivity index (χ3v) is 3.93. The topological polar surface area (TPSA) is 72.5 Å². The number of hydrogen-bond acceptors (Lipinski definition) is 5. The molecule has 0 aliphatic rings. The van der Waals surface area contributed by atoms with E-state index in [0.29, 0.717) is 5.75 Å². The van der Waals surface area contributed by atoms with Gasteiger partial charge in [0.25, 0.3) is 0 Å². The van der Waals surface area contributed by atoms with E-state index in [0.717, 1.165) is 11.8 Å². The number of thioether (sulfide) groups is 1. The standard InChI is InChI=1S/C13H23NO4S/c1-8(2)10(11(16)18-6)14-12(17)13(4,5)7-19-9(3)15/h8,10H,7H2,1-6H3,(H,14,17)/t10-/m0/s1. The Labute approximate surface area is 118 Å². The van der Waals surface area contributed by atoms with Crippen LogP contribution in [0.4, 0.5) is 0 Å². The summed E-state index contributed by atoms with van der Waals surface area (Å²) >= 11 is 1.10. The highest BCUT2D eigenvalue weighted by Gasteiger charge is 2.33. The maximum atomic E-state index is 12.2. The van der Waals surface area contributed by atoms with Crippen LogP contribution in [0, 0.1) is 11.3 Å². The monoisotopic (exact) mass is 289 g/mol. The second kappa shape index (κ2) is 7.53. The van der Waals surface area contributed by atoms with E-state index in [1.807, 2.05) is 13.8 Å². The SMILES string of the molecule is COC(=O)[C@@H](NC(=O)C(C)(C)CSC(C)=O)C(C)C. The molecule has 0 spiro atoms. The Kier molecular flexibility index (Phi) is 7.11. The van der Waals surface area contributed by atoms with Crippen LogP contribution in [0.15, 0.2) is 0 Å². The van der Waals surface area contributed by atoms with Crippen molar-refractivity contribution >= 4 is 28.8 Å². The van der Waals surface area contributed by atoms with E-state index in [9.17, 15) is 14.4 Å². The lowest BCUT2D eigenvalue weighted by Crippen LogP contribution is -2.50. The quantitative estimate of drug-likeness (QED) is 0.752. The molecule has 0 rings (SSSR count). The Morgan fingerprint density at radius 3 is 2.16 bits per heavy atom. The summed E-state index contributed by atoms with van der Waals surface area (Å²) in [6.45, 7) is 8.61. The Bertz CT molecular complexity index is 353. The molecule has 0 bridgehead atoms. The summed E-state index contributed by atoms with van der Waals surface area (Å²) in [6.07, 6.45) is 0. The van der Waals surface area contributed by atoms with E-state index in [2.05, 4.69) is 10.1 Å². The fraction of sp³-hybridized carbons (Fsp3) is 0.769. The molecule has 0 saturated heterocycles. The van der Waals surface area contributed by atoms with Crippen LogP contribution in [0.25, 0.3) is 0 Å². The van der Waals surface area contributed by atoms with Crippen LogP contribution in [-0.2, 0) is 19.1 Å². The van der Waals surface area contributed by atoms with Crippen molar-refractivity contribution in [3.63, 3.8) is 0 Å². The molecule has 19 heavy (non-hydrogen) atoms. The minimum Gasteiger partial charge on any atom is -0.467 e. The van der Waals surface area contributed by atoms with Gasteiger partial charge in [-0.1, -0.05) is 39.5 Å². The molecule has 110 valence electrons. The maximum absolute atomic E-state index is 12.2. The van der Waals surface area contributed by atoms with Gasteiger partial charge in [-0.25, -0.2) is 4.79 Å². The van der Waals surface area contributed by atoms with E-state index in [4.69, 9.17) is 0 Å². The zero-order valence-corrected chi connectivity index (χ0v) is 13.2. The average molecular weight is 289 g/mol. The molecule has 0 aromatic rings. The molecule has 0 aliphatic carbocycles. The number of methoxy groups -OCH3 is 1. The van der Waals surface area contributed by atoms with Crippen LogP contribution in [0.5, 0.6) is 0 Å². The van der Waals surface area contributed by atoms with Crippen LogP contribution in [0.1, 0.15) is 34.6 Å². The molecule has 0 aromatic heterocycles. The van der Waals surface area contributed by atoms with Gasteiger partial charge in [0.1, 0.15) is 6.04 Å². The van der Waals surface area contributed by atoms with Gasteiger partial charge in [0.15, 0.2) is 5.12 Å². The predicted octanol–water partition coefficient (Wildman–Crippen LogP) is 1.61. The maximum Gasteiger partial charge on any atom is 0.328 e. The second-order valence-corrected chi connectivity index (χ2v) is 6.53. The number of carbonyl (C=O) groups is 3. The molecular formula is C13H23NO4S. The molecule has 1 atom stereocenters. The summed E-state index contributed by atoms with van der Waals surface area (Å²) in [5.74, 6) is -0.406. The van der Waals surface area contributed by atoms with Crippen molar-refractivity contribution in [1.82, 2.24) is 5.32 Å². The Balaban J connectivity index is 4.71. The van der Waals surface area contributed by atoms with Crippen LogP contribution < -0.4 is 5.32 Å². The van der Waals surface area contributed by atoms with Crippen LogP contribution >= 0.6 is 11.8 Å². The lowest BCUT2D eigenvalue weighted by Gasteiger charge is -2.27. The zero-order chi connectivity index (χ0) is 15.2. The van der Waals surface area contributed by atoms with Gasteiger partial charge in [-0.15, -0.1) is 0 Å². The van der Waals surface area contributed by atoms with Gasteiger partial charge in [-0.3, -0.25) is 9.59 Å². The van der Waals surface area contributed by atoms with Crippen molar-refractivity contribution in [1.29, 1.82) is 0 Å². The highest BCUT2D eigenvalue weighted by Crippen LogP contribution is 2.23. The van der Waals surface area contributed by atoms with Gasteiger partial charge in [0.2, 0.25) is 5.91 Å². The number of amides is 1. The predicted molar refractivity (Wildman–Crippen MR) is 75.7 cm³/mol. The Hall–Kier alpha value is -1.04. The minimum atomic E-state index is -0.725. The van der Waals surface area contributed by atoms with Gasteiger partial charge in [-0.05, 0) is 5.92 Å². The number of hydrogen-bond donors (Lipinski definition) is 1. The molecule has 6 heteroatoms. The number of nitrogens with one attached hydrogen (secondary N) is 1. The van der Waals surface area contributed by atoms with Crippen LogP contribution in [0.3, 0.4) is 0 Å². The van der Waals surface area contributed by atoms with Crippen molar-refractivity contribution in [3.05, 3.63) is 0 Å². The first-order valence-corrected chi connectivity index (χ1v) is 7.12. The first-order valence-electron chi connectivity index (χ1n) is 6.14. The van der Waals surface area contributed by atoms with Gasteiger partial charge >= 0.3 is 5.97 Å². The average Bonchev–Trinajstić information content (AvgIpc) is 2.31. The largest absolute Gasteiger partial charge is 0.467 e. The molecule has 0 radical (unpaired) electrons. The molecule has 0 aromatic carbocycles. The normalized spacial score (nSPS) is 13.0. The van der Waals surface area contributed by atoms with E-state index >= 15 is 0 Å². The number of esters is 1. The lowest BCUT2D eigenvalue weighted by molar-refractivity contribution is -0.147. The van der Waals surface area contributed by atoms with Crippen molar-refractivity contribution < 1.29 is 19.1 Å². The minimum absolute atomic E-state index is 0.0331. The molecular weight excluding hydrogens is 266 g/mol. The van der Waals surface area contributed by atoms with Gasteiger partial charge in [-0.2, -0.15) is 0 Å². The molecule has 0 heterocycles. The third-order valence-electron chi connectivity index (χ3n) is 2.66. The first-order chi connectivity index (χ1) is 8.61. The summed E-state index contributed by atoms with van der Waals surface area (Å²) in [6, 6.07) is -0.667. The summed E-state index contributed by atoms with van der Waals surface area (Å²) in [7, 11) is 1.29. The molecule has 0 saturated carbocycles. The summed E-state index contributed by atoms with van der Waals surface area (Å²) in [4.78, 5) is 34.7. The number of carbonyl (C=O) groups excluding carboxylic acids is 3. The van der Waals surface area contributed by atoms with Gasteiger partial charge < -0.3 is 10.1 Å². The zero-order valence-electron chi connectivity index (χ0n) is 12.4. The summed E-state index contributed by atoms with van der Waals surface area (Å²) < 4.78 is 4.67. The van der Waals surface area contributed by atoms with E-state index in [-0.39, 0.29) is 16.9 Å². The van der Waals surface area contributed by atoms with Gasteiger partial charge in [0, 0.05) is 12.7 Å². The smallest absolute Gasteiger partial charge is 0.328 e. The van der Waals surface area contributed by atoms with Crippen molar-refractivity contribution in [2.45, 2.75) is 40.7 Å². The van der Waals surface area contributed by atoms with E-state index < -0.39 is 17.4 Å². The summed E-state index contributed by atoms with van der Waals surface area (Å²) in [5.41, 5.74) is -0.725. The fourth-order valence-electron chi connectivity index (χ4n) is 1.31. The van der Waals surface area contributed by atoms with Crippen molar-refractivity contribution in [2.24, 2.45) is 11.3 Å². The van der Waals surface area contributed by atoms with Crippen molar-refractivity contribution in [3.8, 4) is 0 Å². The highest BCUT2D eigenvalue weighted by atomic mass is 32.2. The lowest BCUT2D eigenvalue weighted by atomic mass is 9.93. The third kappa shape index (κ3) is 6.09. The summed E-state index contributed by atoms with van der Waals surface area (Å²) in [5, 5.41) is 2.66. The Morgan fingerprint density at radius 1 is 1.26 bits per heavy atom. The Morgan fingerprint density at radius 2 is 1.79 bits per heavy atom. The van der Waals surface area contributed by atoms with E-state index in [1.165, 1.54) is 14.0 Å². The molecule has 1 amide bonds. The second-order valence-electron chi connectivity index (χ2n) is 5.38. The molecule has 0 fully saturated rings. The van der Waals surface area contributed by atoms with Crippen LogP contribution in [0.2, 0.25) is 0 Å². The molecule has 0 unspecified atom stereocenters. The van der Waals surface area contributed by atoms with Gasteiger partial charge in [0.05, 0.1) is 12.5 Å². The molecule has 0 aliphatic heterocycles. The number of rotatable bonds is 6. The van der Waals surface area contributed by atoms with E-state index in [1.54, 1.807) is 13.8 Å².